The van der Waals surface area contributed by atoms with Crippen LogP contribution < -0.4 is 10.6 Å². The van der Waals surface area contributed by atoms with E-state index < -0.39 is 0 Å². The van der Waals surface area contributed by atoms with Gasteiger partial charge in [-0.15, -0.1) is 0 Å². The summed E-state index contributed by atoms with van der Waals surface area (Å²) in [5.74, 6) is 0.609. The van der Waals surface area contributed by atoms with Gasteiger partial charge in [0.05, 0.1) is 5.70 Å². The molecule has 2 aliphatic rings. The van der Waals surface area contributed by atoms with Gasteiger partial charge in [0.1, 0.15) is 0 Å². The zero-order chi connectivity index (χ0) is 10.8. The van der Waals surface area contributed by atoms with Crippen LogP contribution in [-0.4, -0.2) is 6.03 Å². The number of amides is 2. The highest BCUT2D eigenvalue weighted by atomic mass is 16.2. The summed E-state index contributed by atoms with van der Waals surface area (Å²) in [6.07, 6.45) is 6.21. The fourth-order valence-electron chi connectivity index (χ4n) is 2.59. The van der Waals surface area contributed by atoms with Gasteiger partial charge in [0, 0.05) is 6.20 Å². The molecule has 0 saturated carbocycles. The Morgan fingerprint density at radius 3 is 3.00 bits per heavy atom. The smallest absolute Gasteiger partial charge is 0.311 e. The molecular weight excluding hydrogens is 188 g/mol. The zero-order valence-corrected chi connectivity index (χ0v) is 9.34. The second-order valence-electron chi connectivity index (χ2n) is 4.30. The van der Waals surface area contributed by atoms with E-state index in [1.54, 1.807) is 17.3 Å². The molecule has 0 aromatic carbocycles. The third-order valence-corrected chi connectivity index (χ3v) is 3.35. The average molecular weight is 205 g/mol. The maximum atomic E-state index is 10.9. The average Bonchev–Trinajstić information content (AvgIpc) is 2.75. The van der Waals surface area contributed by atoms with E-state index in [0.29, 0.717) is 5.92 Å². The molecule has 1 N–H and O–H groups in total. The maximum Gasteiger partial charge on any atom is 0.345 e. The van der Waals surface area contributed by atoms with E-state index in [-0.39, 0.29) is 6.03 Å². The number of urea groups is 1. The highest BCUT2D eigenvalue weighted by Gasteiger charge is 2.25. The van der Waals surface area contributed by atoms with E-state index in [2.05, 4.69) is 24.5 Å². The summed E-state index contributed by atoms with van der Waals surface area (Å²) in [5, 5.41) is 6.54. The van der Waals surface area contributed by atoms with Gasteiger partial charge in [-0.05, 0) is 38.5 Å². The van der Waals surface area contributed by atoms with Gasteiger partial charge in [0.15, 0.2) is 0 Å². The predicted molar refractivity (Wildman–Crippen MR) is 59.1 cm³/mol. The van der Waals surface area contributed by atoms with Crippen LogP contribution in [-0.2, 0) is 0 Å². The van der Waals surface area contributed by atoms with Crippen molar-refractivity contribution in [3.63, 3.8) is 0 Å². The summed E-state index contributed by atoms with van der Waals surface area (Å²) in [6, 6.07) is -0.221. The van der Waals surface area contributed by atoms with Crippen LogP contribution >= 0.6 is 0 Å². The quantitative estimate of drug-likeness (QED) is 0.707. The lowest BCUT2D eigenvalue weighted by Gasteiger charge is -2.13. The summed E-state index contributed by atoms with van der Waals surface area (Å²) in [4.78, 5) is 10.9. The molecule has 1 aliphatic heterocycles. The Morgan fingerprint density at radius 1 is 1.60 bits per heavy atom. The standard InChI is InChI=1S/C12H17N2O/c1-3-11-8(2)4-5-9(11)6-10-7-13-12(15)14-10/h7,9H,3-6H2,1-2H3,(H,13,15). The highest BCUT2D eigenvalue weighted by molar-refractivity contribution is 5.79. The Kier molecular flexibility index (Phi) is 2.80. The van der Waals surface area contributed by atoms with Crippen molar-refractivity contribution in [2.45, 2.75) is 39.5 Å². The fraction of sp³-hybridized carbons (Fsp3) is 0.583. The maximum absolute atomic E-state index is 10.9. The Hall–Kier alpha value is -1.25. The molecule has 0 saturated heterocycles. The summed E-state index contributed by atoms with van der Waals surface area (Å²) in [6.45, 7) is 4.43. The van der Waals surface area contributed by atoms with Gasteiger partial charge in [-0.2, -0.15) is 5.32 Å². The second kappa shape index (κ2) is 4.09. The van der Waals surface area contributed by atoms with Crippen LogP contribution in [0.1, 0.15) is 39.5 Å². The van der Waals surface area contributed by atoms with Crippen LogP contribution in [0, 0.1) is 5.92 Å². The highest BCUT2D eigenvalue weighted by Crippen LogP contribution is 2.37. The molecule has 0 aromatic heterocycles. The molecule has 1 aliphatic carbocycles. The lowest BCUT2D eigenvalue weighted by Crippen LogP contribution is -2.16. The van der Waals surface area contributed by atoms with Crippen molar-refractivity contribution in [3.05, 3.63) is 23.0 Å². The minimum Gasteiger partial charge on any atom is -0.311 e. The van der Waals surface area contributed by atoms with E-state index in [4.69, 9.17) is 0 Å². The first-order chi connectivity index (χ1) is 7.20. The molecule has 2 amide bonds. The summed E-state index contributed by atoms with van der Waals surface area (Å²) >= 11 is 0. The molecule has 2 rings (SSSR count). The number of hydrogen-bond acceptors (Lipinski definition) is 1. The van der Waals surface area contributed by atoms with Crippen LogP contribution in [0.5, 0.6) is 0 Å². The number of nitrogens with zero attached hydrogens (tertiary/aromatic N) is 1. The van der Waals surface area contributed by atoms with Gasteiger partial charge in [-0.25, -0.2) is 4.79 Å². The molecule has 0 aromatic rings. The Balaban J connectivity index is 1.99. The van der Waals surface area contributed by atoms with Crippen molar-refractivity contribution in [3.8, 4) is 0 Å². The van der Waals surface area contributed by atoms with Gasteiger partial charge in [0.2, 0.25) is 0 Å². The molecule has 1 unspecified atom stereocenters. The second-order valence-corrected chi connectivity index (χ2v) is 4.30. The van der Waals surface area contributed by atoms with Gasteiger partial charge >= 0.3 is 6.03 Å². The number of hydrogen-bond donors (Lipinski definition) is 1. The summed E-state index contributed by atoms with van der Waals surface area (Å²) < 4.78 is 0. The van der Waals surface area contributed by atoms with E-state index in [1.165, 1.54) is 12.8 Å². The van der Waals surface area contributed by atoms with E-state index >= 15 is 0 Å². The van der Waals surface area contributed by atoms with Gasteiger partial charge in [-0.1, -0.05) is 18.1 Å². The zero-order valence-electron chi connectivity index (χ0n) is 9.34. The largest absolute Gasteiger partial charge is 0.345 e. The molecule has 1 radical (unpaired) electrons. The van der Waals surface area contributed by atoms with Gasteiger partial charge in [0.25, 0.3) is 0 Å². The lowest BCUT2D eigenvalue weighted by molar-refractivity contribution is 0.248. The first-order valence-electron chi connectivity index (χ1n) is 5.60. The molecule has 3 nitrogen and oxygen atoms in total. The van der Waals surface area contributed by atoms with Gasteiger partial charge < -0.3 is 5.32 Å². The predicted octanol–water partition coefficient (Wildman–Crippen LogP) is 2.68. The Bertz CT molecular complexity index is 342. The van der Waals surface area contributed by atoms with Crippen molar-refractivity contribution in [2.75, 3.05) is 0 Å². The minimum absolute atomic E-state index is 0.221. The van der Waals surface area contributed by atoms with Crippen molar-refractivity contribution >= 4 is 6.03 Å². The molecule has 0 fully saturated rings. The van der Waals surface area contributed by atoms with Crippen LogP contribution in [0.25, 0.3) is 0 Å². The van der Waals surface area contributed by atoms with Crippen molar-refractivity contribution in [2.24, 2.45) is 5.92 Å². The molecule has 1 heterocycles. The molecule has 0 spiro atoms. The molecule has 0 bridgehead atoms. The third kappa shape index (κ3) is 2.06. The van der Waals surface area contributed by atoms with Crippen LogP contribution in [0.3, 0.4) is 0 Å². The third-order valence-electron chi connectivity index (χ3n) is 3.35. The summed E-state index contributed by atoms with van der Waals surface area (Å²) in [7, 11) is 0. The first-order valence-corrected chi connectivity index (χ1v) is 5.60. The van der Waals surface area contributed by atoms with Crippen molar-refractivity contribution in [1.82, 2.24) is 10.6 Å². The van der Waals surface area contributed by atoms with E-state index in [1.807, 2.05) is 0 Å². The van der Waals surface area contributed by atoms with E-state index in [9.17, 15) is 4.79 Å². The van der Waals surface area contributed by atoms with Crippen LogP contribution in [0.4, 0.5) is 4.79 Å². The van der Waals surface area contributed by atoms with Gasteiger partial charge in [-0.3, -0.25) is 0 Å². The Morgan fingerprint density at radius 2 is 2.40 bits per heavy atom. The molecular formula is C12H17N2O. The van der Waals surface area contributed by atoms with Crippen molar-refractivity contribution in [1.29, 1.82) is 0 Å². The topological polar surface area (TPSA) is 43.2 Å². The fourth-order valence-corrected chi connectivity index (χ4v) is 2.59. The lowest BCUT2D eigenvalue weighted by atomic mass is 9.94. The summed E-state index contributed by atoms with van der Waals surface area (Å²) in [5.41, 5.74) is 4.02. The van der Waals surface area contributed by atoms with Crippen LogP contribution in [0.15, 0.2) is 23.0 Å². The van der Waals surface area contributed by atoms with E-state index in [0.717, 1.165) is 18.5 Å². The number of nitrogens with one attached hydrogen (secondary N) is 1. The number of allylic oxidation sites excluding steroid dienone is 3. The SMILES string of the molecule is CCC1=C(C)CCC1CC1=CNC(=O)[N]1. The molecule has 1 atom stereocenters. The van der Waals surface area contributed by atoms with Crippen molar-refractivity contribution < 1.29 is 4.79 Å². The molecule has 81 valence electrons. The van der Waals surface area contributed by atoms with Crippen LogP contribution in [0.2, 0.25) is 0 Å². The number of rotatable bonds is 3. The number of carbonyl (C=O) groups excluding carboxylic acids is 1. The molecule has 15 heavy (non-hydrogen) atoms. The molecule has 3 heteroatoms. The minimum atomic E-state index is -0.221. The monoisotopic (exact) mass is 205 g/mol. The number of carbonyl (C=O) groups is 1. The normalized spacial score (nSPS) is 25.3. The first kappa shape index (κ1) is 10.3. The Labute approximate surface area is 90.6 Å².